The largest absolute Gasteiger partial charge is 0.281 e. The lowest BCUT2D eigenvalue weighted by Gasteiger charge is -2.25. The van der Waals surface area contributed by atoms with Crippen LogP contribution in [0.1, 0.15) is 34.2 Å². The van der Waals surface area contributed by atoms with Crippen LogP contribution in [0.3, 0.4) is 0 Å². The van der Waals surface area contributed by atoms with Crippen LogP contribution >= 0.6 is 0 Å². The fourth-order valence-electron chi connectivity index (χ4n) is 4.59. The molecule has 0 spiro atoms. The number of rotatable bonds is 1. The van der Waals surface area contributed by atoms with Gasteiger partial charge < -0.3 is 0 Å². The second-order valence-electron chi connectivity index (χ2n) is 8.01. The Kier molecular flexibility index (Phi) is 5.70. The molecule has 3 aromatic rings. The van der Waals surface area contributed by atoms with Crippen molar-refractivity contribution in [2.75, 3.05) is 6.54 Å². The maximum atomic E-state index is 4.40. The zero-order chi connectivity index (χ0) is 20.9. The highest BCUT2D eigenvalue weighted by Gasteiger charge is 2.20. The summed E-state index contributed by atoms with van der Waals surface area (Å²) >= 11 is 0. The third kappa shape index (κ3) is 4.20. The highest BCUT2D eigenvalue weighted by molar-refractivity contribution is 6.08. The Morgan fingerprint density at radius 1 is 0.710 bits per heavy atom. The molecule has 2 nitrogen and oxygen atoms in total. The van der Waals surface area contributed by atoms with Gasteiger partial charge in [0.25, 0.3) is 0 Å². The van der Waals surface area contributed by atoms with Crippen molar-refractivity contribution in [3.8, 4) is 11.1 Å². The molecule has 0 saturated carbocycles. The molecule has 2 heterocycles. The molecule has 0 saturated heterocycles. The van der Waals surface area contributed by atoms with Crippen molar-refractivity contribution in [2.24, 2.45) is 4.99 Å². The van der Waals surface area contributed by atoms with Crippen LogP contribution in [0.2, 0.25) is 0 Å². The molecule has 0 radical (unpaired) electrons. The number of aryl methyl sites for hydroxylation is 1. The highest BCUT2D eigenvalue weighted by Crippen LogP contribution is 2.38. The average Bonchev–Trinajstić information content (AvgIpc) is 3.14. The van der Waals surface area contributed by atoms with Crippen LogP contribution in [0.5, 0.6) is 0 Å². The minimum Gasteiger partial charge on any atom is -0.281 e. The van der Waals surface area contributed by atoms with E-state index in [2.05, 4.69) is 58.5 Å². The molecule has 152 valence electrons. The molecule has 6 rings (SSSR count). The summed E-state index contributed by atoms with van der Waals surface area (Å²) in [5.41, 5.74) is 11.2. The Morgan fingerprint density at radius 3 is 2.61 bits per heavy atom. The normalized spacial score (nSPS) is 15.5. The van der Waals surface area contributed by atoms with E-state index in [0.29, 0.717) is 0 Å². The van der Waals surface area contributed by atoms with Crippen molar-refractivity contribution in [2.45, 2.75) is 25.7 Å². The van der Waals surface area contributed by atoms with Gasteiger partial charge in [0.1, 0.15) is 0 Å². The fourth-order valence-corrected chi connectivity index (χ4v) is 4.59. The van der Waals surface area contributed by atoms with E-state index in [4.69, 9.17) is 0 Å². The summed E-state index contributed by atoms with van der Waals surface area (Å²) < 4.78 is 0. The number of aromatic nitrogens is 1. The quantitative estimate of drug-likeness (QED) is 0.462. The van der Waals surface area contributed by atoms with Crippen molar-refractivity contribution in [3.63, 3.8) is 0 Å². The van der Waals surface area contributed by atoms with Gasteiger partial charge in [0.15, 0.2) is 0 Å². The first-order valence-electron chi connectivity index (χ1n) is 11.1. The van der Waals surface area contributed by atoms with Crippen molar-refractivity contribution in [1.29, 1.82) is 0 Å². The van der Waals surface area contributed by atoms with Crippen LogP contribution in [0.15, 0.2) is 96.3 Å². The number of nitrogens with zero attached hydrogens (tertiary/aromatic N) is 2. The van der Waals surface area contributed by atoms with Gasteiger partial charge in [0.05, 0.1) is 12.3 Å². The number of benzene rings is 2. The van der Waals surface area contributed by atoms with Crippen LogP contribution < -0.4 is 0 Å². The lowest BCUT2D eigenvalue weighted by Crippen LogP contribution is -2.09. The molecular weight excluding hydrogens is 376 g/mol. The molecule has 3 aliphatic rings. The van der Waals surface area contributed by atoms with E-state index in [-0.39, 0.29) is 0 Å². The van der Waals surface area contributed by atoms with Crippen molar-refractivity contribution < 1.29 is 0 Å². The topological polar surface area (TPSA) is 25.2 Å². The number of aliphatic imine (C=N–C) groups is 1. The van der Waals surface area contributed by atoms with E-state index >= 15 is 0 Å². The summed E-state index contributed by atoms with van der Waals surface area (Å²) in [4.78, 5) is 8.45. The molecular formula is C29H26N2. The summed E-state index contributed by atoms with van der Waals surface area (Å²) in [6.07, 6.45) is 21.0. The third-order valence-electron chi connectivity index (χ3n) is 6.10. The fraction of sp³-hybridized carbons (Fsp3) is 0.172. The zero-order valence-corrected chi connectivity index (χ0v) is 17.7. The van der Waals surface area contributed by atoms with Crippen LogP contribution in [-0.2, 0) is 19.3 Å². The molecule has 0 atom stereocenters. The summed E-state index contributed by atoms with van der Waals surface area (Å²) in [6.45, 7) is 0.747. The molecule has 2 aromatic carbocycles. The van der Waals surface area contributed by atoms with E-state index in [9.17, 15) is 0 Å². The van der Waals surface area contributed by atoms with E-state index < -0.39 is 0 Å². The summed E-state index contributed by atoms with van der Waals surface area (Å²) in [7, 11) is 0. The number of hydrogen-bond donors (Lipinski definition) is 0. The number of fused-ring (bicyclic) bond motifs is 5. The second kappa shape index (κ2) is 9.09. The van der Waals surface area contributed by atoms with E-state index in [1.807, 2.05) is 42.6 Å². The molecule has 31 heavy (non-hydrogen) atoms. The minimum atomic E-state index is 0.747. The average molecular weight is 403 g/mol. The van der Waals surface area contributed by atoms with E-state index in [0.717, 1.165) is 17.8 Å². The lowest BCUT2D eigenvalue weighted by molar-refractivity contribution is 0.887. The Labute approximate surface area is 184 Å². The molecule has 0 N–H and O–H groups in total. The molecule has 2 heteroatoms. The first-order valence-corrected chi connectivity index (χ1v) is 11.1. The highest BCUT2D eigenvalue weighted by atomic mass is 14.7. The second-order valence-corrected chi connectivity index (χ2v) is 8.01. The Bertz CT molecular complexity index is 1200. The molecule has 2 aliphatic carbocycles. The summed E-state index contributed by atoms with van der Waals surface area (Å²) in [6, 6.07) is 17.4. The predicted molar refractivity (Wildman–Crippen MR) is 131 cm³/mol. The van der Waals surface area contributed by atoms with Gasteiger partial charge in [-0.2, -0.15) is 0 Å². The van der Waals surface area contributed by atoms with Gasteiger partial charge in [-0.1, -0.05) is 66.8 Å². The number of pyridine rings is 1. The van der Waals surface area contributed by atoms with Crippen LogP contribution in [0.4, 0.5) is 0 Å². The van der Waals surface area contributed by atoms with Gasteiger partial charge in [0.2, 0.25) is 0 Å². The standard InChI is InChI=1S/C18H16.C11H10N2/c1-3-7-15-13(5-1)9-11-18-16-8-4-2-6-14(16)10-12-17(15)18;1-2-6-11(13-8-3-1)10-5-4-7-12-9-10/h1-3,5-7,10,12H,4,8-9,11H2;1-7,9H,8H2. The molecule has 0 unspecified atom stereocenters. The molecule has 1 aromatic heterocycles. The van der Waals surface area contributed by atoms with Gasteiger partial charge in [-0.05, 0) is 77.3 Å². The molecule has 0 fully saturated rings. The maximum Gasteiger partial charge on any atom is 0.0665 e. The number of allylic oxidation sites excluding steroid dienone is 4. The molecule has 0 bridgehead atoms. The summed E-state index contributed by atoms with van der Waals surface area (Å²) in [5.74, 6) is 0. The van der Waals surface area contributed by atoms with Crippen molar-refractivity contribution in [1.82, 2.24) is 4.98 Å². The summed E-state index contributed by atoms with van der Waals surface area (Å²) in [5, 5.41) is 0. The van der Waals surface area contributed by atoms with Crippen molar-refractivity contribution in [3.05, 3.63) is 119 Å². The van der Waals surface area contributed by atoms with Gasteiger partial charge in [-0.3, -0.25) is 9.98 Å². The monoisotopic (exact) mass is 402 g/mol. The first kappa shape index (κ1) is 19.4. The Morgan fingerprint density at radius 2 is 1.68 bits per heavy atom. The lowest BCUT2D eigenvalue weighted by atomic mass is 9.80. The Balaban J connectivity index is 0.000000140. The van der Waals surface area contributed by atoms with Gasteiger partial charge in [-0.25, -0.2) is 0 Å². The maximum absolute atomic E-state index is 4.40. The van der Waals surface area contributed by atoms with Gasteiger partial charge >= 0.3 is 0 Å². The van der Waals surface area contributed by atoms with Crippen molar-refractivity contribution >= 4 is 11.8 Å². The molecule has 0 amide bonds. The van der Waals surface area contributed by atoms with Crippen LogP contribution in [0.25, 0.3) is 17.2 Å². The minimum absolute atomic E-state index is 0.747. The zero-order valence-electron chi connectivity index (χ0n) is 17.7. The van der Waals surface area contributed by atoms with Gasteiger partial charge in [-0.15, -0.1) is 0 Å². The molecule has 1 aliphatic heterocycles. The van der Waals surface area contributed by atoms with Gasteiger partial charge in [0, 0.05) is 18.0 Å². The number of hydrogen-bond acceptors (Lipinski definition) is 2. The third-order valence-corrected chi connectivity index (χ3v) is 6.10. The van der Waals surface area contributed by atoms with E-state index in [1.165, 1.54) is 47.9 Å². The van der Waals surface area contributed by atoms with E-state index in [1.54, 1.807) is 17.3 Å². The predicted octanol–water partition coefficient (Wildman–Crippen LogP) is 6.41. The SMILES string of the molecule is C1=CCN=C(c2cccnc2)C=C1.C1=Cc2ccc3c(c2CC1)CCc1ccccc1-3. The first-order chi connectivity index (χ1) is 15.4. The van der Waals surface area contributed by atoms with Crippen LogP contribution in [-0.4, -0.2) is 17.2 Å². The smallest absolute Gasteiger partial charge is 0.0665 e. The Hall–Kier alpha value is -3.52. The van der Waals surface area contributed by atoms with Crippen LogP contribution in [0, 0.1) is 0 Å².